The van der Waals surface area contributed by atoms with Gasteiger partial charge in [0.1, 0.15) is 18.8 Å². The van der Waals surface area contributed by atoms with Crippen LogP contribution in [0.25, 0.3) is 11.3 Å². The van der Waals surface area contributed by atoms with Gasteiger partial charge in [-0.05, 0) is 36.6 Å². The maximum atomic E-state index is 12.4. The van der Waals surface area contributed by atoms with Crippen molar-refractivity contribution in [2.45, 2.75) is 19.4 Å². The van der Waals surface area contributed by atoms with Crippen molar-refractivity contribution >= 4 is 5.97 Å². The molecule has 0 amide bonds. The average molecular weight is 353 g/mol. The summed E-state index contributed by atoms with van der Waals surface area (Å²) < 4.78 is 18.2. The summed E-state index contributed by atoms with van der Waals surface area (Å²) in [6.07, 6.45) is 2.34. The minimum Gasteiger partial charge on any atom is -0.485 e. The molecular formula is C20H19NO5. The maximum Gasteiger partial charge on any atom is 0.343 e. The smallest absolute Gasteiger partial charge is 0.343 e. The lowest BCUT2D eigenvalue weighted by Crippen LogP contribution is -2.24. The Hall–Kier alpha value is -3.02. The number of fused-ring (bicyclic) bond motifs is 4. The predicted molar refractivity (Wildman–Crippen MR) is 96.0 cm³/mol. The zero-order valence-corrected chi connectivity index (χ0v) is 14.7. The summed E-state index contributed by atoms with van der Waals surface area (Å²) in [6, 6.07) is 5.45. The monoisotopic (exact) mass is 353 g/mol. The Kier molecular flexibility index (Phi) is 3.83. The molecule has 26 heavy (non-hydrogen) atoms. The van der Waals surface area contributed by atoms with E-state index in [-0.39, 0.29) is 17.0 Å². The highest BCUT2D eigenvalue weighted by atomic mass is 16.5. The second-order valence-electron chi connectivity index (χ2n) is 6.67. The number of aromatic nitrogens is 1. The molecule has 1 aromatic carbocycles. The van der Waals surface area contributed by atoms with Crippen LogP contribution in [0.4, 0.5) is 0 Å². The molecule has 2 aliphatic rings. The molecule has 0 bridgehead atoms. The van der Waals surface area contributed by atoms with Gasteiger partial charge in [0.15, 0.2) is 16.9 Å². The van der Waals surface area contributed by atoms with Crippen molar-refractivity contribution in [3.63, 3.8) is 0 Å². The van der Waals surface area contributed by atoms with Gasteiger partial charge < -0.3 is 18.8 Å². The molecule has 0 fully saturated rings. The summed E-state index contributed by atoms with van der Waals surface area (Å²) in [5.41, 5.74) is 3.29. The lowest BCUT2D eigenvalue weighted by Gasteiger charge is -2.29. The van der Waals surface area contributed by atoms with Gasteiger partial charge in [0, 0.05) is 23.9 Å². The van der Waals surface area contributed by atoms with Gasteiger partial charge in [-0.25, -0.2) is 4.79 Å². The number of rotatable bonds is 1. The minimum absolute atomic E-state index is 0.0391. The second kappa shape index (κ2) is 6.05. The van der Waals surface area contributed by atoms with Crippen LogP contribution >= 0.6 is 0 Å². The van der Waals surface area contributed by atoms with Gasteiger partial charge in [0.05, 0.1) is 12.8 Å². The summed E-state index contributed by atoms with van der Waals surface area (Å²) >= 11 is 0. The summed E-state index contributed by atoms with van der Waals surface area (Å²) in [4.78, 5) is 24.3. The van der Waals surface area contributed by atoms with Gasteiger partial charge >= 0.3 is 5.97 Å². The minimum atomic E-state index is -0.625. The number of hydrogen-bond donors (Lipinski definition) is 0. The Morgan fingerprint density at radius 1 is 1.23 bits per heavy atom. The number of benzene rings is 1. The second-order valence-corrected chi connectivity index (χ2v) is 6.67. The zero-order valence-electron chi connectivity index (χ0n) is 14.7. The van der Waals surface area contributed by atoms with Gasteiger partial charge in [0.2, 0.25) is 0 Å². The molecule has 2 aromatic rings. The molecule has 2 aliphatic heterocycles. The highest BCUT2D eigenvalue weighted by Gasteiger charge is 2.26. The topological polar surface area (TPSA) is 66.8 Å². The summed E-state index contributed by atoms with van der Waals surface area (Å²) in [5, 5.41) is 0. The average Bonchev–Trinajstić information content (AvgIpc) is 2.81. The third-order valence-electron chi connectivity index (χ3n) is 4.78. The van der Waals surface area contributed by atoms with Crippen molar-refractivity contribution in [1.29, 1.82) is 0 Å². The van der Waals surface area contributed by atoms with Crippen LogP contribution in [0, 0.1) is 0 Å². The lowest BCUT2D eigenvalue weighted by molar-refractivity contribution is 0.0598. The van der Waals surface area contributed by atoms with Crippen LogP contribution in [0.15, 0.2) is 41.3 Å². The molecule has 3 heterocycles. The van der Waals surface area contributed by atoms with Crippen LogP contribution in [0.1, 0.15) is 28.9 Å². The fourth-order valence-electron chi connectivity index (χ4n) is 3.45. The Morgan fingerprint density at radius 2 is 1.92 bits per heavy atom. The largest absolute Gasteiger partial charge is 0.485 e. The molecule has 1 aromatic heterocycles. The fourth-order valence-corrected chi connectivity index (χ4v) is 3.45. The molecule has 0 spiro atoms. The molecule has 1 unspecified atom stereocenters. The summed E-state index contributed by atoms with van der Waals surface area (Å²) in [6.45, 7) is 6.78. The molecule has 4 rings (SSSR count). The Labute approximate surface area is 150 Å². The third-order valence-corrected chi connectivity index (χ3v) is 4.78. The number of carbonyl (C=O) groups is 1. The van der Waals surface area contributed by atoms with E-state index in [4.69, 9.17) is 14.2 Å². The zero-order chi connectivity index (χ0) is 18.4. The molecular weight excluding hydrogens is 334 g/mol. The quantitative estimate of drug-likeness (QED) is 0.583. The number of pyridine rings is 1. The SMILES string of the molecule is C=C1COc2cc3c(cc2OC1)-c1cc(=O)c(C(=O)OC)cn1C(C)C3. The van der Waals surface area contributed by atoms with Gasteiger partial charge in [-0.15, -0.1) is 0 Å². The maximum absolute atomic E-state index is 12.4. The van der Waals surface area contributed by atoms with Crippen molar-refractivity contribution < 1.29 is 19.0 Å². The molecule has 1 atom stereocenters. The Bertz CT molecular complexity index is 988. The predicted octanol–water partition coefficient (Wildman–Crippen LogP) is 2.75. The molecule has 0 N–H and O–H groups in total. The number of esters is 1. The van der Waals surface area contributed by atoms with Gasteiger partial charge in [-0.3, -0.25) is 4.79 Å². The van der Waals surface area contributed by atoms with Gasteiger partial charge in [0.25, 0.3) is 0 Å². The number of carbonyl (C=O) groups excluding carboxylic acids is 1. The van der Waals surface area contributed by atoms with Crippen molar-refractivity contribution in [1.82, 2.24) is 4.57 Å². The highest BCUT2D eigenvalue weighted by molar-refractivity contribution is 5.89. The Balaban J connectivity index is 1.88. The van der Waals surface area contributed by atoms with Crippen molar-refractivity contribution in [3.05, 3.63) is 57.9 Å². The number of methoxy groups -OCH3 is 1. The molecule has 134 valence electrons. The molecule has 0 aliphatic carbocycles. The molecule has 0 saturated heterocycles. The third kappa shape index (κ3) is 2.58. The van der Waals surface area contributed by atoms with E-state index in [1.165, 1.54) is 13.2 Å². The molecule has 0 radical (unpaired) electrons. The van der Waals surface area contributed by atoms with Crippen LogP contribution in [0.5, 0.6) is 11.5 Å². The molecule has 6 heteroatoms. The summed E-state index contributed by atoms with van der Waals surface area (Å²) in [7, 11) is 1.27. The normalized spacial score (nSPS) is 17.8. The van der Waals surface area contributed by atoms with Crippen molar-refractivity contribution in [2.24, 2.45) is 0 Å². The first-order valence-electron chi connectivity index (χ1n) is 8.42. The first-order valence-corrected chi connectivity index (χ1v) is 8.42. The van der Waals surface area contributed by atoms with Crippen molar-refractivity contribution in [2.75, 3.05) is 20.3 Å². The van der Waals surface area contributed by atoms with E-state index < -0.39 is 5.97 Å². The summed E-state index contributed by atoms with van der Waals surface area (Å²) in [5.74, 6) is 0.699. The fraction of sp³-hybridized carbons (Fsp3) is 0.300. The van der Waals surface area contributed by atoms with Crippen LogP contribution < -0.4 is 14.9 Å². The first kappa shape index (κ1) is 16.4. The highest BCUT2D eigenvalue weighted by Crippen LogP contribution is 2.41. The van der Waals surface area contributed by atoms with E-state index in [9.17, 15) is 9.59 Å². The van der Waals surface area contributed by atoms with E-state index in [0.717, 1.165) is 28.8 Å². The molecule has 0 saturated carbocycles. The van der Waals surface area contributed by atoms with Crippen LogP contribution in [-0.4, -0.2) is 30.9 Å². The van der Waals surface area contributed by atoms with Crippen LogP contribution in [0.2, 0.25) is 0 Å². The number of ether oxygens (including phenoxy) is 3. The van der Waals surface area contributed by atoms with E-state index >= 15 is 0 Å². The van der Waals surface area contributed by atoms with Crippen LogP contribution in [-0.2, 0) is 11.2 Å². The van der Waals surface area contributed by atoms with Crippen LogP contribution in [0.3, 0.4) is 0 Å². The van der Waals surface area contributed by atoms with Gasteiger partial charge in [-0.1, -0.05) is 6.58 Å². The van der Waals surface area contributed by atoms with E-state index in [2.05, 4.69) is 6.58 Å². The van der Waals surface area contributed by atoms with E-state index in [1.807, 2.05) is 23.6 Å². The van der Waals surface area contributed by atoms with E-state index in [1.54, 1.807) is 6.20 Å². The molecule has 6 nitrogen and oxygen atoms in total. The van der Waals surface area contributed by atoms with Gasteiger partial charge in [-0.2, -0.15) is 0 Å². The van der Waals surface area contributed by atoms with E-state index in [0.29, 0.717) is 24.7 Å². The number of nitrogens with zero attached hydrogens (tertiary/aromatic N) is 1. The lowest BCUT2D eigenvalue weighted by atomic mass is 9.92. The first-order chi connectivity index (χ1) is 12.5. The standard InChI is InChI=1S/C20H19NO5/c1-11-9-25-18-5-13-4-12(2)21-8-15(20(23)24-3)17(22)7-16(21)14(13)6-19(18)26-10-11/h5-8,12H,1,4,9-10H2,2-3H3. The number of hydrogen-bond acceptors (Lipinski definition) is 5. The van der Waals surface area contributed by atoms with Crippen molar-refractivity contribution in [3.8, 4) is 22.8 Å². The Morgan fingerprint density at radius 3 is 2.62 bits per heavy atom.